The molecule has 82 heavy (non-hydrogen) atoms. The van der Waals surface area contributed by atoms with Gasteiger partial charge in [-0.25, -0.2) is 0 Å². The number of amides is 1. The van der Waals surface area contributed by atoms with Crippen LogP contribution in [0.2, 0.25) is 0 Å². The van der Waals surface area contributed by atoms with Gasteiger partial charge in [0.05, 0.1) is 39.9 Å². The molecular formula is C73H139N2O6P. The topological polar surface area (TPSA) is 108 Å². The Labute approximate surface area is 511 Å². The molecule has 2 N–H and O–H groups in total. The maximum Gasteiger partial charge on any atom is 0.268 e. The van der Waals surface area contributed by atoms with Crippen molar-refractivity contribution in [2.24, 2.45) is 0 Å². The zero-order valence-corrected chi connectivity index (χ0v) is 56.1. The Hall–Kier alpha value is -1.80. The molecule has 0 radical (unpaired) electrons. The van der Waals surface area contributed by atoms with Crippen LogP contribution in [0, 0.1) is 0 Å². The minimum atomic E-state index is -4.58. The maximum absolute atomic E-state index is 13.1. The van der Waals surface area contributed by atoms with E-state index in [4.69, 9.17) is 9.05 Å². The van der Waals surface area contributed by atoms with Crippen LogP contribution >= 0.6 is 7.82 Å². The van der Waals surface area contributed by atoms with Crippen LogP contribution in [0.4, 0.5) is 0 Å². The van der Waals surface area contributed by atoms with Crippen LogP contribution in [0.5, 0.6) is 0 Å². The number of phosphoric acid groups is 1. The number of nitrogens with one attached hydrogen (secondary N) is 1. The van der Waals surface area contributed by atoms with Gasteiger partial charge in [0.25, 0.3) is 7.82 Å². The van der Waals surface area contributed by atoms with Gasteiger partial charge in [-0.15, -0.1) is 0 Å². The average Bonchev–Trinajstić information content (AvgIpc) is 3.47. The molecule has 0 saturated carbocycles. The number of hydrogen-bond donors (Lipinski definition) is 2. The number of allylic oxidation sites excluding steroid dienone is 10. The predicted octanol–water partition coefficient (Wildman–Crippen LogP) is 22.1. The molecule has 0 aliphatic carbocycles. The predicted molar refractivity (Wildman–Crippen MR) is 357 cm³/mol. The minimum Gasteiger partial charge on any atom is -0.756 e. The lowest BCUT2D eigenvalue weighted by Gasteiger charge is -2.30. The third-order valence-electron chi connectivity index (χ3n) is 16.3. The van der Waals surface area contributed by atoms with Gasteiger partial charge >= 0.3 is 0 Å². The van der Waals surface area contributed by atoms with Crippen molar-refractivity contribution in [3.63, 3.8) is 0 Å². The summed E-state index contributed by atoms with van der Waals surface area (Å²) in [5.41, 5.74) is 0. The Kier molecular flexibility index (Phi) is 62.3. The van der Waals surface area contributed by atoms with Crippen molar-refractivity contribution >= 4 is 13.7 Å². The molecule has 3 atom stereocenters. The number of aliphatic hydroxyl groups is 1. The molecule has 9 heteroatoms. The van der Waals surface area contributed by atoms with Crippen LogP contribution in [0.15, 0.2) is 60.8 Å². The Bertz CT molecular complexity index is 1520. The van der Waals surface area contributed by atoms with E-state index in [-0.39, 0.29) is 19.1 Å². The third kappa shape index (κ3) is 65.7. The fraction of sp³-hybridized carbons (Fsp3) is 0.849. The van der Waals surface area contributed by atoms with E-state index < -0.39 is 20.0 Å². The normalized spacial score (nSPS) is 14.0. The van der Waals surface area contributed by atoms with Gasteiger partial charge in [-0.05, 0) is 57.8 Å². The second-order valence-corrected chi connectivity index (χ2v) is 27.0. The molecule has 0 rings (SSSR count). The lowest BCUT2D eigenvalue weighted by atomic mass is 10.0. The molecule has 0 aliphatic rings. The summed E-state index contributed by atoms with van der Waals surface area (Å²) in [6.45, 7) is 4.65. The zero-order valence-electron chi connectivity index (χ0n) is 55.2. The Morgan fingerprint density at radius 2 is 0.744 bits per heavy atom. The molecule has 0 fully saturated rings. The van der Waals surface area contributed by atoms with Crippen LogP contribution in [-0.4, -0.2) is 68.5 Å². The minimum absolute atomic E-state index is 0.0114. The first kappa shape index (κ1) is 80.2. The third-order valence-corrected chi connectivity index (χ3v) is 17.2. The Morgan fingerprint density at radius 1 is 0.439 bits per heavy atom. The Balaban J connectivity index is 4.02. The number of quaternary nitrogens is 1. The number of aliphatic hydroxyl groups excluding tert-OH is 1. The summed E-state index contributed by atoms with van der Waals surface area (Å²) in [4.78, 5) is 25.7. The van der Waals surface area contributed by atoms with Crippen molar-refractivity contribution in [3.05, 3.63) is 60.8 Å². The monoisotopic (exact) mass is 1170 g/mol. The van der Waals surface area contributed by atoms with Crippen LogP contribution in [0.25, 0.3) is 0 Å². The van der Waals surface area contributed by atoms with Crippen molar-refractivity contribution in [2.45, 2.75) is 360 Å². The summed E-state index contributed by atoms with van der Waals surface area (Å²) in [5.74, 6) is -0.163. The molecule has 1 amide bonds. The van der Waals surface area contributed by atoms with Gasteiger partial charge in [-0.3, -0.25) is 9.36 Å². The lowest BCUT2D eigenvalue weighted by molar-refractivity contribution is -0.870. The summed E-state index contributed by atoms with van der Waals surface area (Å²) in [6, 6.07) is -0.806. The number of phosphoric ester groups is 1. The number of likely N-dealkylation sites (N-methyl/N-ethyl adjacent to an activating group) is 1. The van der Waals surface area contributed by atoms with Crippen LogP contribution in [-0.2, 0) is 18.4 Å². The number of nitrogens with zero attached hydrogens (tertiary/aromatic N) is 1. The van der Waals surface area contributed by atoms with Gasteiger partial charge in [-0.1, -0.05) is 344 Å². The van der Waals surface area contributed by atoms with Crippen molar-refractivity contribution in [2.75, 3.05) is 40.9 Å². The first-order valence-corrected chi connectivity index (χ1v) is 37.1. The van der Waals surface area contributed by atoms with Gasteiger partial charge in [-0.2, -0.15) is 0 Å². The van der Waals surface area contributed by atoms with Crippen molar-refractivity contribution in [3.8, 4) is 0 Å². The number of carbonyl (C=O) groups excluding carboxylic acids is 1. The average molecular weight is 1170 g/mol. The highest BCUT2D eigenvalue weighted by Gasteiger charge is 2.24. The van der Waals surface area contributed by atoms with Gasteiger partial charge in [0.15, 0.2) is 0 Å². The summed E-state index contributed by atoms with van der Waals surface area (Å²) < 4.78 is 23.6. The zero-order chi connectivity index (χ0) is 59.8. The van der Waals surface area contributed by atoms with E-state index >= 15 is 0 Å². The molecule has 0 aliphatic heterocycles. The van der Waals surface area contributed by atoms with E-state index in [1.165, 1.54) is 250 Å². The van der Waals surface area contributed by atoms with E-state index in [1.807, 2.05) is 21.1 Å². The molecule has 3 unspecified atom stereocenters. The van der Waals surface area contributed by atoms with Crippen molar-refractivity contribution < 1.29 is 32.9 Å². The molecular weight excluding hydrogens is 1030 g/mol. The molecule has 0 aromatic carbocycles. The molecule has 0 spiro atoms. The molecule has 482 valence electrons. The van der Waals surface area contributed by atoms with Gasteiger partial charge in [0.1, 0.15) is 13.2 Å². The fourth-order valence-electron chi connectivity index (χ4n) is 10.8. The summed E-state index contributed by atoms with van der Waals surface area (Å²) >= 11 is 0. The van der Waals surface area contributed by atoms with E-state index in [9.17, 15) is 19.4 Å². The maximum atomic E-state index is 13.1. The highest BCUT2D eigenvalue weighted by atomic mass is 31.2. The Morgan fingerprint density at radius 3 is 1.09 bits per heavy atom. The van der Waals surface area contributed by atoms with Crippen molar-refractivity contribution in [1.29, 1.82) is 0 Å². The fourth-order valence-corrected chi connectivity index (χ4v) is 11.5. The standard InChI is InChI=1S/C73H139N2O6P/c1-6-8-10-12-14-16-18-20-22-24-26-28-30-32-34-36-37-39-40-42-44-46-48-50-52-54-56-58-60-62-64-66-72(76)71(70-81-82(78,79)80-69-68-75(3,4)5)74-73(77)67-65-63-61-59-57-55-53-51-49-47-45-43-41-38-35-33-31-29-27-25-23-21-19-17-15-13-11-9-7-2/h9,11,15,17,21,23,27,29,33,35,71-72,76H,6-8,10,12-14,16,18-20,22,24-26,28,30-32,34,36-70H2,1-5H3,(H-,74,77,78,79)/b11-9-,17-15-,23-21-,29-27-,35-33-. The summed E-state index contributed by atoms with van der Waals surface area (Å²) in [6.07, 6.45) is 87.3. The van der Waals surface area contributed by atoms with Crippen LogP contribution in [0.1, 0.15) is 348 Å². The molecule has 0 aromatic heterocycles. The second-order valence-electron chi connectivity index (χ2n) is 25.6. The lowest BCUT2D eigenvalue weighted by Crippen LogP contribution is -2.46. The second kappa shape index (κ2) is 63.7. The van der Waals surface area contributed by atoms with Crippen LogP contribution in [0.3, 0.4) is 0 Å². The van der Waals surface area contributed by atoms with Gasteiger partial charge in [0, 0.05) is 6.42 Å². The number of hydrogen-bond acceptors (Lipinski definition) is 6. The van der Waals surface area contributed by atoms with E-state index in [0.717, 1.165) is 70.6 Å². The van der Waals surface area contributed by atoms with Gasteiger partial charge in [0.2, 0.25) is 5.91 Å². The van der Waals surface area contributed by atoms with E-state index in [2.05, 4.69) is 79.9 Å². The van der Waals surface area contributed by atoms with E-state index in [1.54, 1.807) is 0 Å². The summed E-state index contributed by atoms with van der Waals surface area (Å²) in [7, 11) is 1.31. The first-order chi connectivity index (χ1) is 40.0. The SMILES string of the molecule is CC/C=C\C/C=C\C/C=C\C/C=C\C/C=C\CCCCCCCCCCCCCCCC(=O)NC(COP(=O)([O-])OCC[N+](C)(C)C)C(O)CCCCCCCCCCCCCCCCCCCCCCCCCCCCCCCCC. The molecule has 0 heterocycles. The smallest absolute Gasteiger partial charge is 0.268 e. The summed E-state index contributed by atoms with van der Waals surface area (Å²) in [5, 5.41) is 14.1. The largest absolute Gasteiger partial charge is 0.756 e. The highest BCUT2D eigenvalue weighted by Crippen LogP contribution is 2.38. The van der Waals surface area contributed by atoms with Crippen LogP contribution < -0.4 is 10.2 Å². The van der Waals surface area contributed by atoms with Crippen molar-refractivity contribution in [1.82, 2.24) is 5.32 Å². The molecule has 8 nitrogen and oxygen atoms in total. The van der Waals surface area contributed by atoms with Gasteiger partial charge < -0.3 is 28.8 Å². The molecule has 0 bridgehead atoms. The number of rotatable bonds is 66. The number of unbranched alkanes of at least 4 members (excludes halogenated alkanes) is 43. The molecule has 0 aromatic rings. The van der Waals surface area contributed by atoms with E-state index in [0.29, 0.717) is 23.9 Å². The number of carbonyl (C=O) groups is 1. The first-order valence-electron chi connectivity index (χ1n) is 35.6. The molecule has 0 saturated heterocycles. The quantitative estimate of drug-likeness (QED) is 0.0272. The highest BCUT2D eigenvalue weighted by molar-refractivity contribution is 7.45.